The third-order valence-corrected chi connectivity index (χ3v) is 10.6. The van der Waals surface area contributed by atoms with Crippen LogP contribution in [0, 0.1) is 0 Å². The second-order valence-electron chi connectivity index (χ2n) is 11.0. The SMILES string of the molecule is CN(C1CCCCC1)S(=O)(=O)c1ccc2c(c1)c(=O)c(C(=O)NCCN1CCN(c3cccc(Cl)c3)CC1)cn2C. The van der Waals surface area contributed by atoms with Crippen molar-refractivity contribution in [1.82, 2.24) is 19.1 Å². The molecule has 2 aliphatic rings. The molecule has 1 amide bonds. The predicted octanol–water partition coefficient (Wildman–Crippen LogP) is 3.70. The fraction of sp³-hybridized carbons (Fsp3) is 0.467. The number of sulfonamides is 1. The summed E-state index contributed by atoms with van der Waals surface area (Å²) in [7, 11) is -0.404. The molecule has 1 aromatic heterocycles. The quantitative estimate of drug-likeness (QED) is 0.424. The molecule has 220 valence electrons. The molecule has 0 spiro atoms. The highest BCUT2D eigenvalue weighted by molar-refractivity contribution is 7.89. The van der Waals surface area contributed by atoms with Crippen molar-refractivity contribution >= 4 is 44.1 Å². The fourth-order valence-corrected chi connectivity index (χ4v) is 7.55. The Balaban J connectivity index is 1.24. The lowest BCUT2D eigenvalue weighted by Crippen LogP contribution is -2.48. The number of carbonyl (C=O) groups is 1. The van der Waals surface area contributed by atoms with E-state index in [0.717, 1.165) is 69.0 Å². The normalized spacial score (nSPS) is 17.3. The van der Waals surface area contributed by atoms with Gasteiger partial charge in [-0.1, -0.05) is 36.9 Å². The van der Waals surface area contributed by atoms with Gasteiger partial charge in [0.05, 0.1) is 10.4 Å². The second kappa shape index (κ2) is 12.5. The van der Waals surface area contributed by atoms with Crippen LogP contribution in [0.4, 0.5) is 5.69 Å². The van der Waals surface area contributed by atoms with E-state index in [9.17, 15) is 18.0 Å². The summed E-state index contributed by atoms with van der Waals surface area (Å²) in [6, 6.07) is 12.4. The Labute approximate surface area is 246 Å². The highest BCUT2D eigenvalue weighted by atomic mass is 35.5. The summed E-state index contributed by atoms with van der Waals surface area (Å²) >= 11 is 6.13. The molecule has 11 heteroatoms. The predicted molar refractivity (Wildman–Crippen MR) is 163 cm³/mol. The van der Waals surface area contributed by atoms with Gasteiger partial charge in [-0.25, -0.2) is 8.42 Å². The van der Waals surface area contributed by atoms with Crippen LogP contribution in [0.15, 0.2) is 58.4 Å². The van der Waals surface area contributed by atoms with Gasteiger partial charge >= 0.3 is 0 Å². The molecule has 3 aromatic rings. The minimum atomic E-state index is -3.77. The van der Waals surface area contributed by atoms with Gasteiger partial charge in [-0.2, -0.15) is 4.31 Å². The first kappa shape index (κ1) is 29.6. The Kier molecular flexibility index (Phi) is 9.03. The maximum absolute atomic E-state index is 13.4. The smallest absolute Gasteiger partial charge is 0.256 e. The lowest BCUT2D eigenvalue weighted by Gasteiger charge is -2.36. The van der Waals surface area contributed by atoms with Crippen LogP contribution in [0.2, 0.25) is 5.02 Å². The van der Waals surface area contributed by atoms with E-state index in [-0.39, 0.29) is 21.9 Å². The number of fused-ring (bicyclic) bond motifs is 1. The fourth-order valence-electron chi connectivity index (χ4n) is 5.93. The highest BCUT2D eigenvalue weighted by Gasteiger charge is 2.29. The number of aromatic nitrogens is 1. The van der Waals surface area contributed by atoms with E-state index in [1.165, 1.54) is 16.6 Å². The van der Waals surface area contributed by atoms with Crippen molar-refractivity contribution in [3.8, 4) is 0 Å². The zero-order chi connectivity index (χ0) is 29.1. The third-order valence-electron chi connectivity index (χ3n) is 8.43. The van der Waals surface area contributed by atoms with Gasteiger partial charge in [0.25, 0.3) is 5.91 Å². The summed E-state index contributed by atoms with van der Waals surface area (Å²) in [6.07, 6.45) is 6.36. The lowest BCUT2D eigenvalue weighted by molar-refractivity contribution is 0.0946. The molecule has 5 rings (SSSR count). The molecule has 2 fully saturated rings. The summed E-state index contributed by atoms with van der Waals surface area (Å²) in [5.41, 5.74) is 1.21. The Morgan fingerprint density at radius 2 is 1.78 bits per heavy atom. The summed E-state index contributed by atoms with van der Waals surface area (Å²) < 4.78 is 30.0. The highest BCUT2D eigenvalue weighted by Crippen LogP contribution is 2.27. The second-order valence-corrected chi connectivity index (χ2v) is 13.5. The Morgan fingerprint density at radius 1 is 1.05 bits per heavy atom. The number of piperazine rings is 1. The first-order chi connectivity index (χ1) is 19.6. The van der Waals surface area contributed by atoms with Crippen molar-refractivity contribution in [1.29, 1.82) is 0 Å². The number of aryl methyl sites for hydroxylation is 1. The molecule has 2 aromatic carbocycles. The van der Waals surface area contributed by atoms with Crippen LogP contribution in [-0.4, -0.2) is 80.5 Å². The monoisotopic (exact) mass is 599 g/mol. The Bertz CT molecular complexity index is 1580. The van der Waals surface area contributed by atoms with Crippen LogP contribution >= 0.6 is 11.6 Å². The van der Waals surface area contributed by atoms with Gasteiger partial charge < -0.3 is 14.8 Å². The van der Waals surface area contributed by atoms with Crippen LogP contribution in [-0.2, 0) is 17.1 Å². The average molecular weight is 600 g/mol. The maximum atomic E-state index is 13.4. The number of amides is 1. The minimum Gasteiger partial charge on any atom is -0.369 e. The summed E-state index contributed by atoms with van der Waals surface area (Å²) in [5, 5.41) is 3.82. The summed E-state index contributed by atoms with van der Waals surface area (Å²) in [4.78, 5) is 31.1. The number of nitrogens with one attached hydrogen (secondary N) is 1. The standard InChI is InChI=1S/C30H38ClN5O4S/c1-33-21-27(30(38)32-13-14-35-15-17-36(18-16-35)24-10-6-7-22(31)19-24)29(37)26-20-25(11-12-28(26)33)41(39,40)34(2)23-8-4-3-5-9-23/h6-7,10-12,19-21,23H,3-5,8-9,13-18H2,1-2H3,(H,32,38). The molecule has 1 N–H and O–H groups in total. The number of nitrogens with zero attached hydrogens (tertiary/aromatic N) is 4. The van der Waals surface area contributed by atoms with E-state index >= 15 is 0 Å². The van der Waals surface area contributed by atoms with Gasteiger partial charge in [0.1, 0.15) is 5.56 Å². The molecule has 1 aliphatic carbocycles. The van der Waals surface area contributed by atoms with E-state index in [0.29, 0.717) is 18.6 Å². The lowest BCUT2D eigenvalue weighted by atomic mass is 9.96. The van der Waals surface area contributed by atoms with E-state index in [1.807, 2.05) is 18.2 Å². The zero-order valence-electron chi connectivity index (χ0n) is 23.7. The van der Waals surface area contributed by atoms with Crippen molar-refractivity contribution in [2.75, 3.05) is 51.2 Å². The molecule has 0 bridgehead atoms. The topological polar surface area (TPSA) is 95.0 Å². The summed E-state index contributed by atoms with van der Waals surface area (Å²) in [6.45, 7) is 4.50. The van der Waals surface area contributed by atoms with Gasteiger partial charge in [-0.15, -0.1) is 0 Å². The first-order valence-electron chi connectivity index (χ1n) is 14.3. The number of hydrogen-bond acceptors (Lipinski definition) is 6. The van der Waals surface area contributed by atoms with Gasteiger partial charge in [-0.05, 0) is 49.2 Å². The largest absolute Gasteiger partial charge is 0.369 e. The molecule has 0 atom stereocenters. The van der Waals surface area contributed by atoms with Crippen molar-refractivity contribution in [2.24, 2.45) is 7.05 Å². The molecule has 1 saturated heterocycles. The Hall–Kier alpha value is -2.92. The van der Waals surface area contributed by atoms with Crippen LogP contribution < -0.4 is 15.6 Å². The molecule has 2 heterocycles. The molecule has 1 saturated carbocycles. The van der Waals surface area contributed by atoms with Crippen LogP contribution in [0.5, 0.6) is 0 Å². The zero-order valence-corrected chi connectivity index (χ0v) is 25.3. The van der Waals surface area contributed by atoms with Crippen LogP contribution in [0.25, 0.3) is 10.9 Å². The Morgan fingerprint density at radius 3 is 2.49 bits per heavy atom. The number of hydrogen-bond donors (Lipinski definition) is 1. The molecule has 9 nitrogen and oxygen atoms in total. The van der Waals surface area contributed by atoms with Gasteiger partial charge in [-0.3, -0.25) is 14.5 Å². The number of anilines is 1. The number of rotatable bonds is 8. The number of carbonyl (C=O) groups excluding carboxylic acids is 1. The molecule has 1 aliphatic heterocycles. The van der Waals surface area contributed by atoms with Gasteiger partial charge in [0, 0.05) is 81.7 Å². The van der Waals surface area contributed by atoms with Crippen LogP contribution in [0.1, 0.15) is 42.5 Å². The number of halogens is 1. The van der Waals surface area contributed by atoms with Crippen molar-refractivity contribution < 1.29 is 13.2 Å². The van der Waals surface area contributed by atoms with Crippen molar-refractivity contribution in [3.63, 3.8) is 0 Å². The average Bonchev–Trinajstić information content (AvgIpc) is 2.99. The molecule has 41 heavy (non-hydrogen) atoms. The van der Waals surface area contributed by atoms with Gasteiger partial charge in [0.15, 0.2) is 0 Å². The maximum Gasteiger partial charge on any atom is 0.256 e. The molecule has 0 unspecified atom stereocenters. The molecular weight excluding hydrogens is 562 g/mol. The van der Waals surface area contributed by atoms with E-state index in [2.05, 4.69) is 21.2 Å². The van der Waals surface area contributed by atoms with E-state index in [1.54, 1.807) is 30.8 Å². The van der Waals surface area contributed by atoms with Gasteiger partial charge in [0.2, 0.25) is 15.5 Å². The van der Waals surface area contributed by atoms with Crippen molar-refractivity contribution in [3.05, 3.63) is 69.5 Å². The van der Waals surface area contributed by atoms with Crippen molar-refractivity contribution in [2.45, 2.75) is 43.0 Å². The molecular formula is C30H38ClN5O4S. The first-order valence-corrected chi connectivity index (χ1v) is 16.1. The number of pyridine rings is 1. The van der Waals surface area contributed by atoms with E-state index < -0.39 is 21.4 Å². The summed E-state index contributed by atoms with van der Waals surface area (Å²) in [5.74, 6) is -0.461. The number of benzene rings is 2. The minimum absolute atomic E-state index is 0.000888. The third kappa shape index (κ3) is 6.45. The van der Waals surface area contributed by atoms with E-state index in [4.69, 9.17) is 11.6 Å². The molecule has 0 radical (unpaired) electrons. The van der Waals surface area contributed by atoms with Crippen LogP contribution in [0.3, 0.4) is 0 Å².